The van der Waals surface area contributed by atoms with Crippen LogP contribution in [0.15, 0.2) is 101 Å². The fraction of sp³-hybridized carbons (Fsp3) is 0.0714. The summed E-state index contributed by atoms with van der Waals surface area (Å²) in [5, 5.41) is 10.0. The zero-order valence-corrected chi connectivity index (χ0v) is 17.8. The number of nitrogens with zero attached hydrogens (tertiary/aromatic N) is 2. The molecular weight excluding hydrogens is 396 g/mol. The van der Waals surface area contributed by atoms with Crippen LogP contribution in [0, 0.1) is 11.3 Å². The average molecular weight is 418 g/mol. The number of benzene rings is 3. The summed E-state index contributed by atoms with van der Waals surface area (Å²) in [6, 6.07) is 27.7. The molecule has 0 radical (unpaired) electrons. The molecule has 156 valence electrons. The molecule has 4 heteroatoms. The van der Waals surface area contributed by atoms with Gasteiger partial charge in [-0.2, -0.15) is 5.26 Å². The molecule has 3 aromatic carbocycles. The first kappa shape index (κ1) is 20.9. The molecule has 1 heterocycles. The summed E-state index contributed by atoms with van der Waals surface area (Å²) in [7, 11) is 1.63. The minimum Gasteiger partial charge on any atom is -0.496 e. The lowest BCUT2D eigenvalue weighted by Gasteiger charge is -2.09. The van der Waals surface area contributed by atoms with Gasteiger partial charge in [-0.3, -0.25) is 0 Å². The van der Waals surface area contributed by atoms with Crippen LogP contribution in [0.1, 0.15) is 16.7 Å². The van der Waals surface area contributed by atoms with Gasteiger partial charge in [0.2, 0.25) is 5.88 Å². The Hall–Kier alpha value is -4.36. The third-order valence-corrected chi connectivity index (χ3v) is 5.12. The zero-order chi connectivity index (χ0) is 22.3. The van der Waals surface area contributed by atoms with E-state index in [-0.39, 0.29) is 5.88 Å². The van der Waals surface area contributed by atoms with Crippen molar-refractivity contribution in [3.63, 3.8) is 0 Å². The Morgan fingerprint density at radius 2 is 1.66 bits per heavy atom. The van der Waals surface area contributed by atoms with Gasteiger partial charge in [0, 0.05) is 22.9 Å². The second-order valence-corrected chi connectivity index (χ2v) is 7.12. The van der Waals surface area contributed by atoms with Crippen molar-refractivity contribution < 1.29 is 9.15 Å². The molecular formula is C28H22N2O2. The van der Waals surface area contributed by atoms with Crippen molar-refractivity contribution in [2.45, 2.75) is 6.42 Å². The lowest BCUT2D eigenvalue weighted by molar-refractivity contribution is 0.410. The number of allylic oxidation sites excluding steroid dienone is 1. The molecule has 0 saturated carbocycles. The second kappa shape index (κ2) is 9.63. The summed E-state index contributed by atoms with van der Waals surface area (Å²) in [5.74, 6) is 1.61. The van der Waals surface area contributed by atoms with Crippen molar-refractivity contribution in [3.05, 3.63) is 108 Å². The summed E-state index contributed by atoms with van der Waals surface area (Å²) in [6.07, 6.45) is 4.19. The molecule has 32 heavy (non-hydrogen) atoms. The first-order valence-corrected chi connectivity index (χ1v) is 10.3. The van der Waals surface area contributed by atoms with Gasteiger partial charge in [-0.05, 0) is 23.6 Å². The molecule has 4 aromatic rings. The maximum Gasteiger partial charge on any atom is 0.238 e. The van der Waals surface area contributed by atoms with Crippen molar-refractivity contribution >= 4 is 12.1 Å². The molecule has 0 atom stereocenters. The Morgan fingerprint density at radius 1 is 0.969 bits per heavy atom. The van der Waals surface area contributed by atoms with Gasteiger partial charge < -0.3 is 9.15 Å². The number of furan rings is 1. The lowest BCUT2D eigenvalue weighted by atomic mass is 9.98. The van der Waals surface area contributed by atoms with Crippen molar-refractivity contribution in [1.29, 1.82) is 5.26 Å². The molecule has 0 unspecified atom stereocenters. The van der Waals surface area contributed by atoms with Crippen LogP contribution in [0.5, 0.6) is 5.75 Å². The topological polar surface area (TPSA) is 58.5 Å². The van der Waals surface area contributed by atoms with E-state index < -0.39 is 0 Å². The average Bonchev–Trinajstić information content (AvgIpc) is 3.22. The van der Waals surface area contributed by atoms with Gasteiger partial charge in [0.25, 0.3) is 0 Å². The third kappa shape index (κ3) is 4.10. The van der Waals surface area contributed by atoms with Crippen molar-refractivity contribution in [2.75, 3.05) is 7.11 Å². The summed E-state index contributed by atoms with van der Waals surface area (Å²) < 4.78 is 11.8. The van der Waals surface area contributed by atoms with Gasteiger partial charge in [-0.25, -0.2) is 4.99 Å². The van der Waals surface area contributed by atoms with E-state index in [2.05, 4.69) is 17.6 Å². The molecule has 0 bridgehead atoms. The Kier molecular flexibility index (Phi) is 6.29. The molecule has 0 amide bonds. The van der Waals surface area contributed by atoms with Crippen LogP contribution in [0.3, 0.4) is 0 Å². The molecule has 0 saturated heterocycles. The summed E-state index contributed by atoms with van der Waals surface area (Å²) in [4.78, 5) is 4.57. The van der Waals surface area contributed by atoms with Crippen LogP contribution in [-0.2, 0) is 6.42 Å². The summed E-state index contributed by atoms with van der Waals surface area (Å²) >= 11 is 0. The molecule has 0 aliphatic rings. The highest BCUT2D eigenvalue weighted by Crippen LogP contribution is 2.42. The fourth-order valence-electron chi connectivity index (χ4n) is 3.69. The highest BCUT2D eigenvalue weighted by atomic mass is 16.5. The van der Waals surface area contributed by atoms with Crippen LogP contribution < -0.4 is 4.74 Å². The molecule has 0 N–H and O–H groups in total. The largest absolute Gasteiger partial charge is 0.496 e. The SMILES string of the molecule is C=CCc1cccc(/C=N/c2oc(-c3ccccc3)c(-c3ccccc3)c2C#N)c1OC. The Labute approximate surface area is 187 Å². The van der Waals surface area contributed by atoms with E-state index in [1.165, 1.54) is 0 Å². The third-order valence-electron chi connectivity index (χ3n) is 5.12. The monoisotopic (exact) mass is 418 g/mol. The second-order valence-electron chi connectivity index (χ2n) is 7.12. The minimum absolute atomic E-state index is 0.265. The maximum atomic E-state index is 10.0. The van der Waals surface area contributed by atoms with E-state index >= 15 is 0 Å². The zero-order valence-electron chi connectivity index (χ0n) is 17.8. The van der Waals surface area contributed by atoms with E-state index in [1.807, 2.05) is 84.9 Å². The molecule has 1 aromatic heterocycles. The van der Waals surface area contributed by atoms with Crippen LogP contribution in [0.25, 0.3) is 22.5 Å². The van der Waals surface area contributed by atoms with E-state index in [4.69, 9.17) is 9.15 Å². The molecule has 4 rings (SSSR count). The number of methoxy groups -OCH3 is 1. The van der Waals surface area contributed by atoms with Gasteiger partial charge in [0.1, 0.15) is 23.1 Å². The minimum atomic E-state index is 0.265. The highest BCUT2D eigenvalue weighted by Gasteiger charge is 2.22. The Morgan fingerprint density at radius 3 is 2.28 bits per heavy atom. The van der Waals surface area contributed by atoms with Crippen molar-refractivity contribution in [3.8, 4) is 34.3 Å². The first-order valence-electron chi connectivity index (χ1n) is 10.3. The predicted octanol–water partition coefficient (Wildman–Crippen LogP) is 6.97. The van der Waals surface area contributed by atoms with E-state index in [0.717, 1.165) is 33.6 Å². The molecule has 0 aliphatic heterocycles. The van der Waals surface area contributed by atoms with Gasteiger partial charge >= 0.3 is 0 Å². The lowest BCUT2D eigenvalue weighted by Crippen LogP contribution is -1.96. The number of ether oxygens (including phenoxy) is 1. The van der Waals surface area contributed by atoms with Crippen molar-refractivity contribution in [2.24, 2.45) is 4.99 Å². The van der Waals surface area contributed by atoms with Crippen LogP contribution in [-0.4, -0.2) is 13.3 Å². The van der Waals surface area contributed by atoms with Crippen molar-refractivity contribution in [1.82, 2.24) is 0 Å². The normalized spacial score (nSPS) is 10.8. The molecule has 0 spiro atoms. The van der Waals surface area contributed by atoms with Crippen LogP contribution >= 0.6 is 0 Å². The highest BCUT2D eigenvalue weighted by molar-refractivity contribution is 5.91. The van der Waals surface area contributed by atoms with Crippen LogP contribution in [0.2, 0.25) is 0 Å². The smallest absolute Gasteiger partial charge is 0.238 e. The Balaban J connectivity index is 1.86. The molecule has 4 nitrogen and oxygen atoms in total. The number of hydrogen-bond donors (Lipinski definition) is 0. The van der Waals surface area contributed by atoms with E-state index in [1.54, 1.807) is 13.3 Å². The van der Waals surface area contributed by atoms with Crippen LogP contribution in [0.4, 0.5) is 5.88 Å². The van der Waals surface area contributed by atoms with Gasteiger partial charge in [0.05, 0.1) is 7.11 Å². The fourth-order valence-corrected chi connectivity index (χ4v) is 3.69. The maximum absolute atomic E-state index is 10.0. The molecule has 0 aliphatic carbocycles. The standard InChI is InChI=1S/C28H22N2O2/c1-3-11-21-16-10-17-23(26(21)31-2)19-30-28-24(18-29)25(20-12-6-4-7-13-20)27(32-28)22-14-8-5-9-15-22/h3-10,12-17,19H,1,11H2,2H3/b30-19+. The quantitative estimate of drug-likeness (QED) is 0.240. The number of hydrogen-bond acceptors (Lipinski definition) is 4. The summed E-state index contributed by atoms with van der Waals surface area (Å²) in [6.45, 7) is 3.81. The molecule has 0 fully saturated rings. The number of aliphatic imine (C=N–C) groups is 1. The number of para-hydroxylation sites is 1. The van der Waals surface area contributed by atoms with E-state index in [9.17, 15) is 5.26 Å². The van der Waals surface area contributed by atoms with E-state index in [0.29, 0.717) is 17.7 Å². The summed E-state index contributed by atoms with van der Waals surface area (Å²) in [5.41, 5.74) is 4.73. The predicted molar refractivity (Wildman–Crippen MR) is 128 cm³/mol. The number of nitriles is 1. The first-order chi connectivity index (χ1) is 15.8. The van der Waals surface area contributed by atoms with Gasteiger partial charge in [-0.15, -0.1) is 6.58 Å². The van der Waals surface area contributed by atoms with Gasteiger partial charge in [0.15, 0.2) is 0 Å². The number of rotatable bonds is 7. The Bertz CT molecular complexity index is 1300. The van der Waals surface area contributed by atoms with Gasteiger partial charge in [-0.1, -0.05) is 78.9 Å².